The lowest BCUT2D eigenvalue weighted by Gasteiger charge is -2.11. The van der Waals surface area contributed by atoms with E-state index in [0.717, 1.165) is 12.8 Å². The van der Waals surface area contributed by atoms with Gasteiger partial charge in [-0.2, -0.15) is 0 Å². The van der Waals surface area contributed by atoms with Crippen LogP contribution in [0.3, 0.4) is 0 Å². The summed E-state index contributed by atoms with van der Waals surface area (Å²) in [5.74, 6) is 0.237. The van der Waals surface area contributed by atoms with Crippen molar-refractivity contribution in [1.29, 1.82) is 0 Å². The van der Waals surface area contributed by atoms with Gasteiger partial charge in [0.05, 0.1) is 12.8 Å². The molecular weight excluding hydrogens is 244 g/mol. The average molecular weight is 264 g/mol. The van der Waals surface area contributed by atoms with E-state index in [9.17, 15) is 9.59 Å². The molecule has 0 aliphatic carbocycles. The van der Waals surface area contributed by atoms with Gasteiger partial charge in [-0.3, -0.25) is 9.59 Å². The van der Waals surface area contributed by atoms with E-state index < -0.39 is 0 Å². The van der Waals surface area contributed by atoms with Gasteiger partial charge < -0.3 is 15.4 Å². The van der Waals surface area contributed by atoms with E-state index >= 15 is 0 Å². The lowest BCUT2D eigenvalue weighted by molar-refractivity contribution is -0.116. The van der Waals surface area contributed by atoms with Crippen LogP contribution < -0.4 is 15.4 Å². The summed E-state index contributed by atoms with van der Waals surface area (Å²) in [5.41, 5.74) is 1.07. The quantitative estimate of drug-likeness (QED) is 0.827. The largest absolute Gasteiger partial charge is 0.495 e. The third-order valence-electron chi connectivity index (χ3n) is 2.72. The van der Waals surface area contributed by atoms with Crippen LogP contribution in [0.2, 0.25) is 0 Å². The van der Waals surface area contributed by atoms with E-state index in [0.29, 0.717) is 23.4 Å². The molecule has 0 spiro atoms. The Labute approximate surface area is 113 Å². The SMILES string of the molecule is CCCCC(=O)Nc1ccc(C(=O)NC)cc1OC. The molecule has 0 saturated heterocycles. The zero-order chi connectivity index (χ0) is 14.3. The van der Waals surface area contributed by atoms with Gasteiger partial charge in [-0.1, -0.05) is 13.3 Å². The van der Waals surface area contributed by atoms with Gasteiger partial charge in [0.2, 0.25) is 5.91 Å². The first-order valence-corrected chi connectivity index (χ1v) is 6.32. The molecule has 2 amide bonds. The second-order valence-corrected chi connectivity index (χ2v) is 4.15. The van der Waals surface area contributed by atoms with Crippen molar-refractivity contribution in [2.24, 2.45) is 0 Å². The van der Waals surface area contributed by atoms with E-state index in [1.54, 1.807) is 25.2 Å². The molecule has 0 aromatic heterocycles. The molecular formula is C14H20N2O3. The van der Waals surface area contributed by atoms with Crippen molar-refractivity contribution in [3.63, 3.8) is 0 Å². The summed E-state index contributed by atoms with van der Waals surface area (Å²) in [7, 11) is 3.07. The molecule has 0 fully saturated rings. The van der Waals surface area contributed by atoms with Crippen LogP contribution in [0.1, 0.15) is 36.5 Å². The molecule has 5 nitrogen and oxygen atoms in total. The van der Waals surface area contributed by atoms with Crippen LogP contribution in [0, 0.1) is 0 Å². The van der Waals surface area contributed by atoms with Gasteiger partial charge in [0.25, 0.3) is 5.91 Å². The zero-order valence-corrected chi connectivity index (χ0v) is 11.6. The normalized spacial score (nSPS) is 9.84. The number of hydrogen-bond acceptors (Lipinski definition) is 3. The first kappa shape index (κ1) is 15.0. The molecule has 0 heterocycles. The summed E-state index contributed by atoms with van der Waals surface area (Å²) >= 11 is 0. The molecule has 0 aliphatic heterocycles. The van der Waals surface area contributed by atoms with Gasteiger partial charge in [-0.15, -0.1) is 0 Å². The number of amides is 2. The standard InChI is InChI=1S/C14H20N2O3/c1-4-5-6-13(17)16-11-8-7-10(14(18)15-2)9-12(11)19-3/h7-9H,4-6H2,1-3H3,(H,15,18)(H,16,17). The van der Waals surface area contributed by atoms with Crippen LogP contribution in [0.4, 0.5) is 5.69 Å². The first-order valence-electron chi connectivity index (χ1n) is 6.32. The number of nitrogens with one attached hydrogen (secondary N) is 2. The number of rotatable bonds is 6. The molecule has 5 heteroatoms. The smallest absolute Gasteiger partial charge is 0.251 e. The van der Waals surface area contributed by atoms with Crippen LogP contribution in [-0.4, -0.2) is 26.0 Å². The Kier molecular flexibility index (Phi) is 5.85. The number of benzene rings is 1. The summed E-state index contributed by atoms with van der Waals surface area (Å²) in [6.07, 6.45) is 2.31. The highest BCUT2D eigenvalue weighted by Crippen LogP contribution is 2.25. The third kappa shape index (κ3) is 4.28. The molecule has 19 heavy (non-hydrogen) atoms. The fraction of sp³-hybridized carbons (Fsp3) is 0.429. The van der Waals surface area contributed by atoms with Crippen LogP contribution in [-0.2, 0) is 4.79 Å². The molecule has 2 N–H and O–H groups in total. The van der Waals surface area contributed by atoms with Gasteiger partial charge in [-0.05, 0) is 24.6 Å². The summed E-state index contributed by atoms with van der Waals surface area (Å²) in [5, 5.41) is 5.32. The minimum absolute atomic E-state index is 0.0483. The fourth-order valence-electron chi connectivity index (χ4n) is 1.63. The monoisotopic (exact) mass is 264 g/mol. The maximum atomic E-state index is 11.7. The number of anilines is 1. The van der Waals surface area contributed by atoms with Gasteiger partial charge in [0.15, 0.2) is 0 Å². The Morgan fingerprint density at radius 3 is 2.63 bits per heavy atom. The lowest BCUT2D eigenvalue weighted by Crippen LogP contribution is -2.18. The van der Waals surface area contributed by atoms with Gasteiger partial charge in [-0.25, -0.2) is 0 Å². The average Bonchev–Trinajstić information content (AvgIpc) is 2.44. The molecule has 0 aliphatic rings. The highest BCUT2D eigenvalue weighted by molar-refractivity contribution is 5.97. The predicted octanol–water partition coefficient (Wildman–Crippen LogP) is 2.18. The van der Waals surface area contributed by atoms with E-state index in [4.69, 9.17) is 4.74 Å². The number of unbranched alkanes of at least 4 members (excludes halogenated alkanes) is 1. The maximum absolute atomic E-state index is 11.7. The van der Waals surface area contributed by atoms with E-state index in [1.807, 2.05) is 6.92 Å². The van der Waals surface area contributed by atoms with Crippen LogP contribution >= 0.6 is 0 Å². The third-order valence-corrected chi connectivity index (χ3v) is 2.72. The van der Waals surface area contributed by atoms with Crippen molar-refractivity contribution < 1.29 is 14.3 Å². The fourth-order valence-corrected chi connectivity index (χ4v) is 1.63. The lowest BCUT2D eigenvalue weighted by atomic mass is 10.1. The highest BCUT2D eigenvalue weighted by Gasteiger charge is 2.11. The number of hydrogen-bond donors (Lipinski definition) is 2. The zero-order valence-electron chi connectivity index (χ0n) is 11.6. The topological polar surface area (TPSA) is 67.4 Å². The molecule has 0 atom stereocenters. The Bertz CT molecular complexity index is 458. The van der Waals surface area contributed by atoms with Crippen LogP contribution in [0.25, 0.3) is 0 Å². The minimum atomic E-state index is -0.192. The summed E-state index contributed by atoms with van der Waals surface area (Å²) in [6.45, 7) is 2.03. The first-order chi connectivity index (χ1) is 9.12. The van der Waals surface area contributed by atoms with Crippen molar-refractivity contribution >= 4 is 17.5 Å². The van der Waals surface area contributed by atoms with E-state index in [1.165, 1.54) is 7.11 Å². The van der Waals surface area contributed by atoms with Crippen LogP contribution in [0.15, 0.2) is 18.2 Å². The Morgan fingerprint density at radius 2 is 2.05 bits per heavy atom. The molecule has 1 rings (SSSR count). The molecule has 1 aromatic rings. The maximum Gasteiger partial charge on any atom is 0.251 e. The Balaban J connectivity index is 2.84. The summed E-state index contributed by atoms with van der Waals surface area (Å²) in [4.78, 5) is 23.2. The molecule has 0 unspecified atom stereocenters. The van der Waals surface area contributed by atoms with E-state index in [2.05, 4.69) is 10.6 Å². The van der Waals surface area contributed by atoms with Crippen molar-refractivity contribution in [3.8, 4) is 5.75 Å². The second kappa shape index (κ2) is 7.41. The molecule has 0 bridgehead atoms. The molecule has 0 saturated carbocycles. The second-order valence-electron chi connectivity index (χ2n) is 4.15. The van der Waals surface area contributed by atoms with Gasteiger partial charge in [0, 0.05) is 19.0 Å². The molecule has 0 radical (unpaired) electrons. The van der Waals surface area contributed by atoms with Crippen molar-refractivity contribution in [2.75, 3.05) is 19.5 Å². The van der Waals surface area contributed by atoms with Crippen molar-refractivity contribution in [1.82, 2.24) is 5.32 Å². The Morgan fingerprint density at radius 1 is 1.32 bits per heavy atom. The van der Waals surface area contributed by atoms with Crippen LogP contribution in [0.5, 0.6) is 5.75 Å². The highest BCUT2D eigenvalue weighted by atomic mass is 16.5. The molecule has 1 aromatic carbocycles. The van der Waals surface area contributed by atoms with Crippen molar-refractivity contribution in [3.05, 3.63) is 23.8 Å². The van der Waals surface area contributed by atoms with E-state index in [-0.39, 0.29) is 11.8 Å². The molecule has 104 valence electrons. The summed E-state index contributed by atoms with van der Waals surface area (Å²) in [6, 6.07) is 4.93. The number of carbonyl (C=O) groups is 2. The minimum Gasteiger partial charge on any atom is -0.495 e. The van der Waals surface area contributed by atoms with Gasteiger partial charge >= 0.3 is 0 Å². The summed E-state index contributed by atoms with van der Waals surface area (Å²) < 4.78 is 5.19. The number of carbonyl (C=O) groups excluding carboxylic acids is 2. The Hall–Kier alpha value is -2.04. The number of methoxy groups -OCH3 is 1. The number of ether oxygens (including phenoxy) is 1. The van der Waals surface area contributed by atoms with Gasteiger partial charge in [0.1, 0.15) is 5.75 Å². The van der Waals surface area contributed by atoms with Crippen molar-refractivity contribution in [2.45, 2.75) is 26.2 Å². The predicted molar refractivity (Wildman–Crippen MR) is 74.5 cm³/mol.